The molecule has 0 aromatic heterocycles. The van der Waals surface area contributed by atoms with E-state index >= 15 is 0 Å². The Morgan fingerprint density at radius 3 is 2.20 bits per heavy atom. The second-order valence-electron chi connectivity index (χ2n) is 3.92. The van der Waals surface area contributed by atoms with E-state index in [1.807, 2.05) is 6.26 Å². The van der Waals surface area contributed by atoms with Gasteiger partial charge in [0.05, 0.1) is 0 Å². The fourth-order valence-corrected chi connectivity index (χ4v) is 1.79. The van der Waals surface area contributed by atoms with E-state index in [0.29, 0.717) is 5.75 Å². The van der Waals surface area contributed by atoms with E-state index in [1.54, 1.807) is 32.5 Å². The van der Waals surface area contributed by atoms with Crippen molar-refractivity contribution in [3.05, 3.63) is 0 Å². The molecular formula is C10H19NO3S. The minimum atomic E-state index is -0.977. The van der Waals surface area contributed by atoms with E-state index in [-0.39, 0.29) is 17.7 Å². The summed E-state index contributed by atoms with van der Waals surface area (Å²) in [6, 6.07) is -0.790. The first kappa shape index (κ1) is 14.3. The maximum Gasteiger partial charge on any atom is 0.326 e. The van der Waals surface area contributed by atoms with Crippen molar-refractivity contribution >= 4 is 23.6 Å². The van der Waals surface area contributed by atoms with Gasteiger partial charge in [-0.25, -0.2) is 4.79 Å². The van der Waals surface area contributed by atoms with E-state index in [4.69, 9.17) is 5.11 Å². The topological polar surface area (TPSA) is 66.4 Å². The van der Waals surface area contributed by atoms with Crippen molar-refractivity contribution in [2.45, 2.75) is 26.8 Å². The largest absolute Gasteiger partial charge is 0.480 e. The summed E-state index contributed by atoms with van der Waals surface area (Å²) in [4.78, 5) is 22.4. The van der Waals surface area contributed by atoms with Crippen LogP contribution in [0.2, 0.25) is 0 Å². The molecule has 0 bridgehead atoms. The molecule has 4 nitrogen and oxygen atoms in total. The van der Waals surface area contributed by atoms with Crippen LogP contribution in [0.4, 0.5) is 0 Å². The lowest BCUT2D eigenvalue weighted by Gasteiger charge is -2.20. The quantitative estimate of drug-likeness (QED) is 0.723. The zero-order chi connectivity index (χ0) is 12.0. The Bertz CT molecular complexity index is 231. The summed E-state index contributed by atoms with van der Waals surface area (Å²) in [5.41, 5.74) is 0. The molecule has 0 rings (SSSR count). The van der Waals surface area contributed by atoms with Crippen molar-refractivity contribution < 1.29 is 14.7 Å². The van der Waals surface area contributed by atoms with Crippen LogP contribution in [0, 0.1) is 11.8 Å². The van der Waals surface area contributed by atoms with E-state index in [1.165, 1.54) is 0 Å². The number of amides is 1. The monoisotopic (exact) mass is 233 g/mol. The molecule has 0 aliphatic rings. The van der Waals surface area contributed by atoms with E-state index in [9.17, 15) is 9.59 Å². The lowest BCUT2D eigenvalue weighted by Crippen LogP contribution is -2.46. The van der Waals surface area contributed by atoms with Crippen molar-refractivity contribution in [2.24, 2.45) is 11.8 Å². The molecule has 1 amide bonds. The molecule has 0 heterocycles. The molecule has 0 aromatic carbocycles. The number of hydrogen-bond donors (Lipinski definition) is 2. The third-order valence-electron chi connectivity index (χ3n) is 2.09. The van der Waals surface area contributed by atoms with Crippen LogP contribution >= 0.6 is 11.8 Å². The van der Waals surface area contributed by atoms with Crippen LogP contribution in [0.25, 0.3) is 0 Å². The standard InChI is InChI=1S/C10H19NO3S/c1-6(2)8(10(13)14)11-9(12)7(3)5-15-4/h6-8H,5H2,1-4H3,(H,11,12)(H,13,14)/t7?,8-/m1/s1. The molecule has 0 aromatic rings. The Morgan fingerprint density at radius 1 is 1.33 bits per heavy atom. The van der Waals surface area contributed by atoms with Crippen molar-refractivity contribution in [3.8, 4) is 0 Å². The zero-order valence-electron chi connectivity index (χ0n) is 9.61. The number of aliphatic carboxylic acids is 1. The normalized spacial score (nSPS) is 14.7. The number of nitrogens with one attached hydrogen (secondary N) is 1. The van der Waals surface area contributed by atoms with Crippen LogP contribution in [-0.2, 0) is 9.59 Å². The summed E-state index contributed by atoms with van der Waals surface area (Å²) in [7, 11) is 0. The molecular weight excluding hydrogens is 214 g/mol. The second-order valence-corrected chi connectivity index (χ2v) is 4.84. The number of carboxylic acid groups (broad SMARTS) is 1. The average molecular weight is 233 g/mol. The predicted octanol–water partition coefficient (Wildman–Crippen LogP) is 1.21. The van der Waals surface area contributed by atoms with Gasteiger partial charge >= 0.3 is 5.97 Å². The molecule has 0 saturated carbocycles. The van der Waals surface area contributed by atoms with Gasteiger partial charge in [0, 0.05) is 11.7 Å². The molecule has 15 heavy (non-hydrogen) atoms. The fourth-order valence-electron chi connectivity index (χ4n) is 1.13. The Hall–Kier alpha value is -0.710. The highest BCUT2D eigenvalue weighted by atomic mass is 32.2. The number of thioether (sulfide) groups is 1. The van der Waals surface area contributed by atoms with Crippen LogP contribution < -0.4 is 5.32 Å². The molecule has 0 aliphatic heterocycles. The Balaban J connectivity index is 4.29. The summed E-state index contributed by atoms with van der Waals surface area (Å²) in [5.74, 6) is -0.718. The molecule has 0 radical (unpaired) electrons. The van der Waals surface area contributed by atoms with Gasteiger partial charge < -0.3 is 10.4 Å². The van der Waals surface area contributed by atoms with E-state index < -0.39 is 12.0 Å². The number of carbonyl (C=O) groups excluding carboxylic acids is 1. The first-order valence-electron chi connectivity index (χ1n) is 4.92. The molecule has 5 heteroatoms. The molecule has 0 saturated heterocycles. The smallest absolute Gasteiger partial charge is 0.326 e. The van der Waals surface area contributed by atoms with Crippen LogP contribution in [0.15, 0.2) is 0 Å². The van der Waals surface area contributed by atoms with Gasteiger partial charge in [0.25, 0.3) is 0 Å². The summed E-state index contributed by atoms with van der Waals surface area (Å²) >= 11 is 1.57. The minimum absolute atomic E-state index is 0.104. The first-order valence-corrected chi connectivity index (χ1v) is 6.31. The lowest BCUT2D eigenvalue weighted by molar-refractivity contribution is -0.143. The van der Waals surface area contributed by atoms with Gasteiger partial charge in [-0.05, 0) is 12.2 Å². The summed E-state index contributed by atoms with van der Waals surface area (Å²) < 4.78 is 0. The minimum Gasteiger partial charge on any atom is -0.480 e. The molecule has 88 valence electrons. The van der Waals surface area contributed by atoms with Gasteiger partial charge in [-0.2, -0.15) is 11.8 Å². The number of carbonyl (C=O) groups is 2. The van der Waals surface area contributed by atoms with Crippen molar-refractivity contribution in [1.29, 1.82) is 0 Å². The number of rotatable bonds is 6. The highest BCUT2D eigenvalue weighted by molar-refractivity contribution is 7.98. The van der Waals surface area contributed by atoms with Gasteiger partial charge in [0.2, 0.25) is 5.91 Å². The second kappa shape index (κ2) is 6.71. The third kappa shape index (κ3) is 5.06. The average Bonchev–Trinajstić information content (AvgIpc) is 2.12. The van der Waals surface area contributed by atoms with Crippen molar-refractivity contribution in [3.63, 3.8) is 0 Å². The van der Waals surface area contributed by atoms with Gasteiger partial charge in [0.1, 0.15) is 6.04 Å². The molecule has 2 atom stereocenters. The summed E-state index contributed by atoms with van der Waals surface area (Å²) in [5, 5.41) is 11.4. The van der Waals surface area contributed by atoms with Crippen molar-refractivity contribution in [1.82, 2.24) is 5.32 Å². The Kier molecular flexibility index (Phi) is 6.40. The zero-order valence-corrected chi connectivity index (χ0v) is 10.4. The van der Waals surface area contributed by atoms with Crippen LogP contribution in [0.5, 0.6) is 0 Å². The van der Waals surface area contributed by atoms with Gasteiger partial charge in [-0.1, -0.05) is 20.8 Å². The highest BCUT2D eigenvalue weighted by Gasteiger charge is 2.25. The first-order chi connectivity index (χ1) is 6.90. The number of hydrogen-bond acceptors (Lipinski definition) is 3. The highest BCUT2D eigenvalue weighted by Crippen LogP contribution is 2.07. The van der Waals surface area contributed by atoms with Crippen LogP contribution in [0.3, 0.4) is 0 Å². The Labute approximate surface area is 94.8 Å². The fraction of sp³-hybridized carbons (Fsp3) is 0.800. The predicted molar refractivity (Wildman–Crippen MR) is 62.0 cm³/mol. The van der Waals surface area contributed by atoms with Crippen molar-refractivity contribution in [2.75, 3.05) is 12.0 Å². The number of carboxylic acids is 1. The molecule has 1 unspecified atom stereocenters. The van der Waals surface area contributed by atoms with Crippen LogP contribution in [0.1, 0.15) is 20.8 Å². The summed E-state index contributed by atoms with van der Waals surface area (Å²) in [6.45, 7) is 5.35. The molecule has 0 fully saturated rings. The van der Waals surface area contributed by atoms with Gasteiger partial charge in [0.15, 0.2) is 0 Å². The summed E-state index contributed by atoms with van der Waals surface area (Å²) in [6.07, 6.45) is 1.92. The SMILES string of the molecule is CSCC(C)C(=O)N[C@@H](C(=O)O)C(C)C. The van der Waals surface area contributed by atoms with E-state index in [0.717, 1.165) is 0 Å². The molecule has 0 spiro atoms. The van der Waals surface area contributed by atoms with Gasteiger partial charge in [-0.15, -0.1) is 0 Å². The lowest BCUT2D eigenvalue weighted by atomic mass is 10.0. The van der Waals surface area contributed by atoms with Gasteiger partial charge in [-0.3, -0.25) is 4.79 Å². The van der Waals surface area contributed by atoms with Crippen LogP contribution in [-0.4, -0.2) is 35.0 Å². The molecule has 2 N–H and O–H groups in total. The Morgan fingerprint density at radius 2 is 1.87 bits per heavy atom. The maximum absolute atomic E-state index is 11.6. The molecule has 0 aliphatic carbocycles. The third-order valence-corrected chi connectivity index (χ3v) is 2.93. The van der Waals surface area contributed by atoms with E-state index in [2.05, 4.69) is 5.32 Å². The maximum atomic E-state index is 11.6.